The molecule has 110 valence electrons. The van der Waals surface area contributed by atoms with Gasteiger partial charge in [0.25, 0.3) is 0 Å². The average molecular weight is 341 g/mol. The van der Waals surface area contributed by atoms with E-state index in [1.54, 1.807) is 0 Å². The van der Waals surface area contributed by atoms with Crippen molar-refractivity contribution in [1.29, 1.82) is 0 Å². The molecule has 0 saturated carbocycles. The molecule has 0 atom stereocenters. The number of carbonyl (C=O) groups excluding carboxylic acids is 1. The van der Waals surface area contributed by atoms with Gasteiger partial charge in [0.15, 0.2) is 17.3 Å². The van der Waals surface area contributed by atoms with Crippen LogP contribution in [0, 0.1) is 5.92 Å². The van der Waals surface area contributed by atoms with Gasteiger partial charge in [0.05, 0.1) is 0 Å². The molecule has 1 aliphatic rings. The van der Waals surface area contributed by atoms with Gasteiger partial charge in [-0.15, -0.1) is 0 Å². The summed E-state index contributed by atoms with van der Waals surface area (Å²) in [7, 11) is 0. The fourth-order valence-electron chi connectivity index (χ4n) is 2.58. The van der Waals surface area contributed by atoms with Gasteiger partial charge in [-0.25, -0.2) is 0 Å². The van der Waals surface area contributed by atoms with E-state index in [0.717, 1.165) is 30.2 Å². The van der Waals surface area contributed by atoms with Gasteiger partial charge in [-0.05, 0) is 40.9 Å². The highest BCUT2D eigenvalue weighted by Gasteiger charge is 2.23. The lowest BCUT2D eigenvalue weighted by Gasteiger charge is -2.21. The van der Waals surface area contributed by atoms with Gasteiger partial charge in [0.1, 0.15) is 13.2 Å². The van der Waals surface area contributed by atoms with Crippen LogP contribution in [0.15, 0.2) is 16.6 Å². The Bertz CT molecular complexity index is 479. The number of rotatable bonds is 6. The van der Waals surface area contributed by atoms with Crippen molar-refractivity contribution in [2.24, 2.45) is 5.92 Å². The summed E-state index contributed by atoms with van der Waals surface area (Å²) >= 11 is 3.49. The monoisotopic (exact) mass is 340 g/mol. The molecular weight excluding hydrogens is 320 g/mol. The minimum atomic E-state index is 0.101. The largest absolute Gasteiger partial charge is 0.486 e. The molecule has 0 unspecified atom stereocenters. The Morgan fingerprint density at radius 2 is 1.70 bits per heavy atom. The van der Waals surface area contributed by atoms with Crippen LogP contribution in [-0.4, -0.2) is 19.0 Å². The van der Waals surface area contributed by atoms with Crippen LogP contribution >= 0.6 is 15.9 Å². The molecule has 3 nitrogen and oxygen atoms in total. The maximum Gasteiger partial charge on any atom is 0.167 e. The van der Waals surface area contributed by atoms with Crippen molar-refractivity contribution in [2.45, 2.75) is 39.5 Å². The molecular formula is C16H21BrO3. The fourth-order valence-corrected chi connectivity index (χ4v) is 3.09. The zero-order chi connectivity index (χ0) is 14.5. The summed E-state index contributed by atoms with van der Waals surface area (Å²) < 4.78 is 11.9. The van der Waals surface area contributed by atoms with E-state index < -0.39 is 0 Å². The Kier molecular flexibility index (Phi) is 5.46. The van der Waals surface area contributed by atoms with Gasteiger partial charge >= 0.3 is 0 Å². The SMILES string of the molecule is CCCC(CCC)C(=O)c1cc2c(cc1Br)OCCO2. The first-order valence-corrected chi connectivity index (χ1v) is 8.10. The lowest BCUT2D eigenvalue weighted by molar-refractivity contribution is 0.0903. The number of benzene rings is 1. The molecule has 0 spiro atoms. The van der Waals surface area contributed by atoms with Crippen molar-refractivity contribution < 1.29 is 14.3 Å². The Hall–Kier alpha value is -1.03. The molecule has 1 aromatic rings. The van der Waals surface area contributed by atoms with Crippen molar-refractivity contribution in [1.82, 2.24) is 0 Å². The molecule has 0 radical (unpaired) electrons. The standard InChI is InChI=1S/C16H21BrO3/c1-3-5-11(6-4-2)16(18)12-9-14-15(10-13(12)17)20-8-7-19-14/h9-11H,3-8H2,1-2H3. The van der Waals surface area contributed by atoms with Crippen molar-refractivity contribution in [3.63, 3.8) is 0 Å². The number of hydrogen-bond acceptors (Lipinski definition) is 3. The van der Waals surface area contributed by atoms with Crippen LogP contribution < -0.4 is 9.47 Å². The average Bonchev–Trinajstić information content (AvgIpc) is 2.45. The van der Waals surface area contributed by atoms with Crippen molar-refractivity contribution in [3.8, 4) is 11.5 Å². The normalized spacial score (nSPS) is 13.6. The molecule has 1 heterocycles. The van der Waals surface area contributed by atoms with Crippen LogP contribution in [0.4, 0.5) is 0 Å². The minimum Gasteiger partial charge on any atom is -0.486 e. The van der Waals surface area contributed by atoms with E-state index in [0.29, 0.717) is 30.3 Å². The van der Waals surface area contributed by atoms with E-state index >= 15 is 0 Å². The van der Waals surface area contributed by atoms with E-state index in [9.17, 15) is 4.79 Å². The summed E-state index contributed by atoms with van der Waals surface area (Å²) in [6.45, 7) is 5.33. The Morgan fingerprint density at radius 3 is 2.25 bits per heavy atom. The molecule has 0 N–H and O–H groups in total. The second-order valence-corrected chi connectivity index (χ2v) is 5.97. The van der Waals surface area contributed by atoms with Gasteiger partial charge in [-0.1, -0.05) is 26.7 Å². The predicted octanol–water partition coefficient (Wildman–Crippen LogP) is 4.62. The summed E-state index contributed by atoms with van der Waals surface area (Å²) in [6, 6.07) is 3.66. The van der Waals surface area contributed by atoms with Gasteiger partial charge in [0, 0.05) is 16.0 Å². The topological polar surface area (TPSA) is 35.5 Å². The van der Waals surface area contributed by atoms with E-state index in [1.165, 1.54) is 0 Å². The van der Waals surface area contributed by atoms with Gasteiger partial charge in [0.2, 0.25) is 0 Å². The highest BCUT2D eigenvalue weighted by atomic mass is 79.9. The third-order valence-corrected chi connectivity index (χ3v) is 4.20. The summed E-state index contributed by atoms with van der Waals surface area (Å²) in [5, 5.41) is 0. The number of halogens is 1. The highest BCUT2D eigenvalue weighted by molar-refractivity contribution is 9.10. The first kappa shape index (κ1) is 15.4. The van der Waals surface area contributed by atoms with Crippen molar-refractivity contribution >= 4 is 21.7 Å². The van der Waals surface area contributed by atoms with E-state index in [-0.39, 0.29) is 11.7 Å². The molecule has 2 rings (SSSR count). The highest BCUT2D eigenvalue weighted by Crippen LogP contribution is 2.37. The van der Waals surface area contributed by atoms with E-state index in [2.05, 4.69) is 29.8 Å². The van der Waals surface area contributed by atoms with Crippen LogP contribution in [-0.2, 0) is 0 Å². The van der Waals surface area contributed by atoms with Crippen LogP contribution in [0.5, 0.6) is 11.5 Å². The quantitative estimate of drug-likeness (QED) is 0.709. The maximum atomic E-state index is 12.7. The predicted molar refractivity (Wildman–Crippen MR) is 82.8 cm³/mol. The number of ketones is 1. The second-order valence-electron chi connectivity index (χ2n) is 5.11. The van der Waals surface area contributed by atoms with Crippen LogP contribution in [0.2, 0.25) is 0 Å². The Morgan fingerprint density at radius 1 is 1.15 bits per heavy atom. The molecule has 1 aliphatic heterocycles. The molecule has 20 heavy (non-hydrogen) atoms. The van der Waals surface area contributed by atoms with Crippen molar-refractivity contribution in [2.75, 3.05) is 13.2 Å². The summed E-state index contributed by atoms with van der Waals surface area (Å²) in [5.41, 5.74) is 0.709. The number of carbonyl (C=O) groups is 1. The van der Waals surface area contributed by atoms with Gasteiger partial charge < -0.3 is 9.47 Å². The second kappa shape index (κ2) is 7.11. The Labute approximate surface area is 128 Å². The fraction of sp³-hybridized carbons (Fsp3) is 0.562. The molecule has 0 fully saturated rings. The number of Topliss-reactive ketones (excluding diaryl/α,β-unsaturated/α-hetero) is 1. The molecule has 0 aliphatic carbocycles. The number of hydrogen-bond donors (Lipinski definition) is 0. The van der Waals surface area contributed by atoms with Gasteiger partial charge in [-0.3, -0.25) is 4.79 Å². The van der Waals surface area contributed by atoms with E-state index in [4.69, 9.17) is 9.47 Å². The minimum absolute atomic E-state index is 0.101. The van der Waals surface area contributed by atoms with Gasteiger partial charge in [-0.2, -0.15) is 0 Å². The summed E-state index contributed by atoms with van der Waals surface area (Å²) in [6.07, 6.45) is 3.93. The molecule has 0 saturated heterocycles. The van der Waals surface area contributed by atoms with Crippen molar-refractivity contribution in [3.05, 3.63) is 22.2 Å². The first-order chi connectivity index (χ1) is 9.67. The third kappa shape index (κ3) is 3.35. The smallest absolute Gasteiger partial charge is 0.167 e. The first-order valence-electron chi connectivity index (χ1n) is 7.30. The summed E-state index contributed by atoms with van der Waals surface area (Å²) in [5.74, 6) is 1.69. The van der Waals surface area contributed by atoms with Crippen LogP contribution in [0.1, 0.15) is 49.9 Å². The van der Waals surface area contributed by atoms with Crippen LogP contribution in [0.3, 0.4) is 0 Å². The Balaban J connectivity index is 2.28. The molecule has 4 heteroatoms. The number of ether oxygens (including phenoxy) is 2. The molecule has 0 aromatic heterocycles. The molecule has 0 bridgehead atoms. The zero-order valence-corrected chi connectivity index (χ0v) is 13.7. The maximum absolute atomic E-state index is 12.7. The molecule has 1 aromatic carbocycles. The third-order valence-electron chi connectivity index (χ3n) is 3.54. The van der Waals surface area contributed by atoms with E-state index in [1.807, 2.05) is 12.1 Å². The van der Waals surface area contributed by atoms with Crippen LogP contribution in [0.25, 0.3) is 0 Å². The lowest BCUT2D eigenvalue weighted by atomic mass is 9.89. The lowest BCUT2D eigenvalue weighted by Crippen LogP contribution is -2.18. The molecule has 0 amide bonds. The zero-order valence-electron chi connectivity index (χ0n) is 12.1. The number of fused-ring (bicyclic) bond motifs is 1. The summed E-state index contributed by atoms with van der Waals surface area (Å²) in [4.78, 5) is 12.7.